The summed E-state index contributed by atoms with van der Waals surface area (Å²) in [4.78, 5) is 45.3. The molecule has 3 N–H and O–H groups in total. The van der Waals surface area contributed by atoms with Crippen LogP contribution >= 0.6 is 0 Å². The number of aromatic amines is 1. The quantitative estimate of drug-likeness (QED) is 0.580. The highest BCUT2D eigenvalue weighted by molar-refractivity contribution is 5.85. The lowest BCUT2D eigenvalue weighted by atomic mass is 10.2. The Labute approximate surface area is 129 Å². The van der Waals surface area contributed by atoms with Gasteiger partial charge in [0.25, 0.3) is 5.56 Å². The van der Waals surface area contributed by atoms with Crippen LogP contribution in [0.3, 0.4) is 0 Å². The maximum absolute atomic E-state index is 12.0. The van der Waals surface area contributed by atoms with Crippen LogP contribution in [0.25, 0.3) is 0 Å². The third kappa shape index (κ3) is 3.20. The van der Waals surface area contributed by atoms with E-state index in [1.165, 1.54) is 26.6 Å². The lowest BCUT2D eigenvalue weighted by Crippen LogP contribution is -2.38. The van der Waals surface area contributed by atoms with Gasteiger partial charge in [0.15, 0.2) is 6.04 Å². The van der Waals surface area contributed by atoms with E-state index in [-0.39, 0.29) is 12.0 Å². The van der Waals surface area contributed by atoms with Crippen molar-refractivity contribution in [3.05, 3.63) is 44.6 Å². The molecule has 23 heavy (non-hydrogen) atoms. The zero-order valence-corrected chi connectivity index (χ0v) is 12.4. The minimum absolute atomic E-state index is 0.0404. The van der Waals surface area contributed by atoms with Crippen LogP contribution in [0.4, 0.5) is 0 Å². The average molecular weight is 321 g/mol. The van der Waals surface area contributed by atoms with Gasteiger partial charge in [0.05, 0.1) is 6.33 Å². The molecule has 2 aromatic heterocycles. The largest absolute Gasteiger partial charge is 0.494 e. The van der Waals surface area contributed by atoms with Crippen LogP contribution in [-0.4, -0.2) is 47.5 Å². The highest BCUT2D eigenvalue weighted by Crippen LogP contribution is 2.08. The van der Waals surface area contributed by atoms with Crippen molar-refractivity contribution in [2.24, 2.45) is 19.1 Å². The number of aromatic hydroxyl groups is 1. The molecule has 0 saturated carbocycles. The summed E-state index contributed by atoms with van der Waals surface area (Å²) in [6.07, 6.45) is 3.88. The Morgan fingerprint density at radius 3 is 2.70 bits per heavy atom. The summed E-state index contributed by atoms with van der Waals surface area (Å²) in [6.45, 7) is 0. The topological polar surface area (TPSA) is 143 Å². The van der Waals surface area contributed by atoms with E-state index in [9.17, 15) is 24.6 Å². The Kier molecular flexibility index (Phi) is 4.44. The third-order valence-electron chi connectivity index (χ3n) is 3.30. The van der Waals surface area contributed by atoms with Crippen LogP contribution in [0, 0.1) is 0 Å². The second kappa shape index (κ2) is 6.30. The molecule has 1 atom stereocenters. The normalized spacial score (nSPS) is 12.6. The van der Waals surface area contributed by atoms with Crippen LogP contribution < -0.4 is 11.2 Å². The van der Waals surface area contributed by atoms with Crippen LogP contribution in [0.1, 0.15) is 11.3 Å². The number of nitrogens with one attached hydrogen (secondary N) is 1. The first kappa shape index (κ1) is 16.2. The summed E-state index contributed by atoms with van der Waals surface area (Å²) >= 11 is 0. The molecule has 10 nitrogen and oxygen atoms in total. The molecular formula is C13H15N5O5. The lowest BCUT2D eigenvalue weighted by Gasteiger charge is -2.08. The molecule has 0 amide bonds. The number of H-pyrrole nitrogens is 1. The Balaban J connectivity index is 2.40. The van der Waals surface area contributed by atoms with Crippen LogP contribution in [0.15, 0.2) is 27.1 Å². The number of imidazole rings is 1. The smallest absolute Gasteiger partial charge is 0.333 e. The third-order valence-corrected chi connectivity index (χ3v) is 3.30. The van der Waals surface area contributed by atoms with Crippen molar-refractivity contribution in [1.29, 1.82) is 0 Å². The summed E-state index contributed by atoms with van der Waals surface area (Å²) in [5.74, 6) is -1.77. The molecule has 0 aliphatic rings. The number of aliphatic imine (C=N–C) groups is 1. The van der Waals surface area contributed by atoms with Crippen molar-refractivity contribution in [1.82, 2.24) is 19.1 Å². The van der Waals surface area contributed by atoms with E-state index < -0.39 is 29.1 Å². The number of hydrogen-bond donors (Lipinski definition) is 3. The standard InChI is InChI=1S/C13H15N5O5/c1-17-10(19)8(11(20)18(2)13(17)23)5-15-9(12(21)22)3-7-4-14-6-16-7/h4-6,9,19H,3H2,1-2H3,(H,14,16)(H,21,22)/t9-/m0/s1. The number of aromatic nitrogens is 4. The van der Waals surface area contributed by atoms with Crippen LogP contribution in [-0.2, 0) is 25.3 Å². The summed E-state index contributed by atoms with van der Waals surface area (Å²) in [5, 5.41) is 19.1. The fraction of sp³-hybridized carbons (Fsp3) is 0.308. The molecule has 0 aliphatic heterocycles. The summed E-state index contributed by atoms with van der Waals surface area (Å²) < 4.78 is 1.67. The van der Waals surface area contributed by atoms with Crippen molar-refractivity contribution < 1.29 is 15.0 Å². The predicted octanol–water partition coefficient (Wildman–Crippen LogP) is -1.37. The number of rotatable bonds is 5. The second-order valence-electron chi connectivity index (χ2n) is 4.86. The molecule has 0 unspecified atom stereocenters. The van der Waals surface area contributed by atoms with Gasteiger partial charge in [-0.15, -0.1) is 0 Å². The van der Waals surface area contributed by atoms with Gasteiger partial charge in [-0.2, -0.15) is 0 Å². The number of carbonyl (C=O) groups is 1. The molecule has 122 valence electrons. The molecule has 2 heterocycles. The molecule has 0 radical (unpaired) electrons. The summed E-state index contributed by atoms with van der Waals surface area (Å²) in [7, 11) is 2.54. The number of carboxylic acid groups (broad SMARTS) is 1. The molecule has 0 spiro atoms. The van der Waals surface area contributed by atoms with Crippen LogP contribution in [0.2, 0.25) is 0 Å². The van der Waals surface area contributed by atoms with E-state index in [0.29, 0.717) is 5.69 Å². The minimum atomic E-state index is -1.20. The molecule has 0 fully saturated rings. The van der Waals surface area contributed by atoms with Crippen LogP contribution in [0.5, 0.6) is 5.88 Å². The molecule has 0 saturated heterocycles. The highest BCUT2D eigenvalue weighted by atomic mass is 16.4. The molecule has 0 aliphatic carbocycles. The molecule has 0 aromatic carbocycles. The van der Waals surface area contributed by atoms with E-state index >= 15 is 0 Å². The van der Waals surface area contributed by atoms with E-state index in [1.54, 1.807) is 0 Å². The van der Waals surface area contributed by atoms with E-state index in [0.717, 1.165) is 15.3 Å². The van der Waals surface area contributed by atoms with Gasteiger partial charge in [0.2, 0.25) is 5.88 Å². The van der Waals surface area contributed by atoms with E-state index in [2.05, 4.69) is 15.0 Å². The van der Waals surface area contributed by atoms with Gasteiger partial charge in [0.1, 0.15) is 5.56 Å². The van der Waals surface area contributed by atoms with Gasteiger partial charge >= 0.3 is 11.7 Å². The predicted molar refractivity (Wildman–Crippen MR) is 79.9 cm³/mol. The van der Waals surface area contributed by atoms with Gasteiger partial charge in [0, 0.05) is 38.6 Å². The Morgan fingerprint density at radius 2 is 2.13 bits per heavy atom. The van der Waals surface area contributed by atoms with Crippen molar-refractivity contribution in [3.8, 4) is 5.88 Å². The Hall–Kier alpha value is -3.17. The summed E-state index contributed by atoms with van der Waals surface area (Å²) in [5.41, 5.74) is -1.16. The Bertz CT molecular complexity index is 862. The first-order chi connectivity index (χ1) is 10.8. The van der Waals surface area contributed by atoms with Crippen molar-refractivity contribution in [2.75, 3.05) is 0 Å². The highest BCUT2D eigenvalue weighted by Gasteiger charge is 2.18. The fourth-order valence-corrected chi connectivity index (χ4v) is 1.95. The van der Waals surface area contributed by atoms with Gasteiger partial charge in [-0.25, -0.2) is 14.6 Å². The van der Waals surface area contributed by atoms with E-state index in [1.807, 2.05) is 0 Å². The van der Waals surface area contributed by atoms with Gasteiger partial charge in [-0.3, -0.25) is 18.9 Å². The first-order valence-corrected chi connectivity index (χ1v) is 6.55. The zero-order valence-electron chi connectivity index (χ0n) is 12.4. The van der Waals surface area contributed by atoms with Gasteiger partial charge < -0.3 is 15.2 Å². The van der Waals surface area contributed by atoms with Crippen molar-refractivity contribution >= 4 is 12.2 Å². The number of aliphatic carboxylic acids is 1. The summed E-state index contributed by atoms with van der Waals surface area (Å²) in [6, 6.07) is -1.17. The average Bonchev–Trinajstić information content (AvgIpc) is 3.02. The van der Waals surface area contributed by atoms with E-state index in [4.69, 9.17) is 0 Å². The van der Waals surface area contributed by atoms with Gasteiger partial charge in [-0.05, 0) is 0 Å². The molecule has 2 rings (SSSR count). The lowest BCUT2D eigenvalue weighted by molar-refractivity contribution is -0.138. The minimum Gasteiger partial charge on any atom is -0.494 e. The second-order valence-corrected chi connectivity index (χ2v) is 4.86. The number of carboxylic acids is 1. The number of nitrogens with zero attached hydrogens (tertiary/aromatic N) is 4. The Morgan fingerprint density at radius 1 is 1.43 bits per heavy atom. The molecule has 10 heteroatoms. The maximum Gasteiger partial charge on any atom is 0.333 e. The first-order valence-electron chi connectivity index (χ1n) is 6.55. The molecule has 0 bridgehead atoms. The fourth-order valence-electron chi connectivity index (χ4n) is 1.95. The monoisotopic (exact) mass is 321 g/mol. The molecular weight excluding hydrogens is 306 g/mol. The van der Waals surface area contributed by atoms with Gasteiger partial charge in [-0.1, -0.05) is 0 Å². The molecule has 2 aromatic rings. The number of hydrogen-bond acceptors (Lipinski definition) is 6. The van der Waals surface area contributed by atoms with Crippen molar-refractivity contribution in [3.63, 3.8) is 0 Å². The maximum atomic E-state index is 12.0. The van der Waals surface area contributed by atoms with Crippen molar-refractivity contribution in [2.45, 2.75) is 12.5 Å². The SMILES string of the molecule is Cn1c(O)c(C=N[C@@H](Cc2cnc[nH]2)C(=O)O)c(=O)n(C)c1=O. The zero-order chi connectivity index (χ0) is 17.1.